The molecule has 2 N–H and O–H groups in total. The molecule has 1 amide bonds. The summed E-state index contributed by atoms with van der Waals surface area (Å²) in [5.41, 5.74) is 0.458. The summed E-state index contributed by atoms with van der Waals surface area (Å²) in [6.07, 6.45) is 0. The van der Waals surface area contributed by atoms with Gasteiger partial charge < -0.3 is 0 Å². The molecule has 0 aromatic heterocycles. The monoisotopic (exact) mass is 246 g/mol. The van der Waals surface area contributed by atoms with Gasteiger partial charge in [-0.05, 0) is 18.2 Å². The summed E-state index contributed by atoms with van der Waals surface area (Å²) in [6, 6.07) is 4.80. The second kappa shape index (κ2) is 4.84. The van der Waals surface area contributed by atoms with Crippen LogP contribution in [0, 0.1) is 5.92 Å². The third kappa shape index (κ3) is 2.84. The minimum Gasteiger partial charge on any atom is -0.273 e. The highest BCUT2D eigenvalue weighted by Gasteiger charge is 2.17. The lowest BCUT2D eigenvalue weighted by Gasteiger charge is -2.19. The van der Waals surface area contributed by atoms with Crippen molar-refractivity contribution in [2.45, 2.75) is 13.8 Å². The molecule has 0 saturated heterocycles. The van der Waals surface area contributed by atoms with Crippen LogP contribution in [0.25, 0.3) is 0 Å². The second-order valence-corrected chi connectivity index (χ2v) is 4.30. The number of benzene rings is 1. The number of nitrogens with two attached hydrogens (primary N) is 1. The highest BCUT2D eigenvalue weighted by Crippen LogP contribution is 2.27. The lowest BCUT2D eigenvalue weighted by Crippen LogP contribution is -2.40. The molecular weight excluding hydrogens is 235 g/mol. The molecule has 0 atom stereocenters. The van der Waals surface area contributed by atoms with Gasteiger partial charge in [-0.25, -0.2) is 10.9 Å². The maximum atomic E-state index is 11.6. The van der Waals surface area contributed by atoms with Crippen LogP contribution in [-0.2, 0) is 4.79 Å². The molecule has 0 fully saturated rings. The molecule has 15 heavy (non-hydrogen) atoms. The molecule has 0 aliphatic rings. The standard InChI is InChI=1S/C10H12Cl2N2O/c1-6(2)10(15)14(13)9-4-3-7(11)5-8(9)12/h3-6H,13H2,1-2H3. The van der Waals surface area contributed by atoms with Gasteiger partial charge >= 0.3 is 0 Å². The van der Waals surface area contributed by atoms with Gasteiger partial charge in [-0.3, -0.25) is 4.79 Å². The Labute approximate surface area is 98.7 Å². The highest BCUT2D eigenvalue weighted by molar-refractivity contribution is 6.36. The fourth-order valence-corrected chi connectivity index (χ4v) is 1.57. The molecular formula is C10H12Cl2N2O. The Morgan fingerprint density at radius 1 is 1.40 bits per heavy atom. The molecule has 0 spiro atoms. The zero-order valence-corrected chi connectivity index (χ0v) is 10.0. The summed E-state index contributed by atoms with van der Waals surface area (Å²) in [5.74, 6) is 5.27. The molecule has 3 nitrogen and oxygen atoms in total. The Kier molecular flexibility index (Phi) is 3.97. The van der Waals surface area contributed by atoms with E-state index in [1.165, 1.54) is 0 Å². The van der Waals surface area contributed by atoms with Crippen molar-refractivity contribution in [3.8, 4) is 0 Å². The lowest BCUT2D eigenvalue weighted by atomic mass is 10.2. The maximum Gasteiger partial charge on any atom is 0.243 e. The van der Waals surface area contributed by atoms with Crippen molar-refractivity contribution in [3.63, 3.8) is 0 Å². The number of carbonyl (C=O) groups is 1. The van der Waals surface area contributed by atoms with Crippen molar-refractivity contribution in [3.05, 3.63) is 28.2 Å². The van der Waals surface area contributed by atoms with Crippen LogP contribution in [0.5, 0.6) is 0 Å². The molecule has 5 heteroatoms. The quantitative estimate of drug-likeness (QED) is 0.496. The third-order valence-corrected chi connectivity index (χ3v) is 2.44. The van der Waals surface area contributed by atoms with Crippen molar-refractivity contribution >= 4 is 34.8 Å². The fourth-order valence-electron chi connectivity index (χ4n) is 1.07. The molecule has 0 unspecified atom stereocenters. The van der Waals surface area contributed by atoms with Crippen molar-refractivity contribution in [1.29, 1.82) is 0 Å². The van der Waals surface area contributed by atoms with Gasteiger partial charge in [0.15, 0.2) is 0 Å². The van der Waals surface area contributed by atoms with Gasteiger partial charge in [0.05, 0.1) is 10.7 Å². The molecule has 0 radical (unpaired) electrons. The average Bonchev–Trinajstić information content (AvgIpc) is 2.15. The first-order valence-corrected chi connectivity index (χ1v) is 5.22. The van der Waals surface area contributed by atoms with Crippen LogP contribution in [0.2, 0.25) is 10.0 Å². The van der Waals surface area contributed by atoms with Crippen molar-refractivity contribution in [1.82, 2.24) is 0 Å². The van der Waals surface area contributed by atoms with Crippen LogP contribution in [0.15, 0.2) is 18.2 Å². The Balaban J connectivity index is 3.01. The van der Waals surface area contributed by atoms with E-state index in [1.54, 1.807) is 32.0 Å². The summed E-state index contributed by atoms with van der Waals surface area (Å²) in [6.45, 7) is 3.54. The molecule has 0 aliphatic carbocycles. The lowest BCUT2D eigenvalue weighted by molar-refractivity contribution is -0.121. The zero-order chi connectivity index (χ0) is 11.6. The number of hydrogen-bond acceptors (Lipinski definition) is 2. The molecule has 1 rings (SSSR count). The van der Waals surface area contributed by atoms with Gasteiger partial charge in [-0.1, -0.05) is 37.0 Å². The van der Waals surface area contributed by atoms with Crippen molar-refractivity contribution in [2.24, 2.45) is 11.8 Å². The zero-order valence-electron chi connectivity index (χ0n) is 8.50. The SMILES string of the molecule is CC(C)C(=O)N(N)c1ccc(Cl)cc1Cl. The minimum atomic E-state index is -0.195. The molecule has 82 valence electrons. The topological polar surface area (TPSA) is 46.3 Å². The first-order valence-electron chi connectivity index (χ1n) is 4.47. The van der Waals surface area contributed by atoms with Crippen LogP contribution in [0.3, 0.4) is 0 Å². The second-order valence-electron chi connectivity index (χ2n) is 3.46. The van der Waals surface area contributed by atoms with E-state index >= 15 is 0 Å². The molecule has 0 saturated carbocycles. The summed E-state index contributed by atoms with van der Waals surface area (Å²) in [5, 5.41) is 1.91. The van der Waals surface area contributed by atoms with E-state index in [1.807, 2.05) is 0 Å². The molecule has 0 aliphatic heterocycles. The summed E-state index contributed by atoms with van der Waals surface area (Å²) in [4.78, 5) is 11.6. The van der Waals surface area contributed by atoms with Gasteiger partial charge in [0.25, 0.3) is 0 Å². The van der Waals surface area contributed by atoms with E-state index in [0.717, 1.165) is 5.01 Å². The molecule has 1 aromatic rings. The fraction of sp³-hybridized carbons (Fsp3) is 0.300. The summed E-state index contributed by atoms with van der Waals surface area (Å²) in [7, 11) is 0. The molecule has 0 heterocycles. The van der Waals surface area contributed by atoms with E-state index in [4.69, 9.17) is 29.0 Å². The van der Waals surface area contributed by atoms with Crippen LogP contribution in [0.1, 0.15) is 13.8 Å². The van der Waals surface area contributed by atoms with E-state index in [0.29, 0.717) is 15.7 Å². The van der Waals surface area contributed by atoms with Crippen molar-refractivity contribution < 1.29 is 4.79 Å². The van der Waals surface area contributed by atoms with E-state index in [-0.39, 0.29) is 11.8 Å². The third-order valence-electron chi connectivity index (χ3n) is 1.90. The Morgan fingerprint density at radius 3 is 2.47 bits per heavy atom. The largest absolute Gasteiger partial charge is 0.273 e. The Morgan fingerprint density at radius 2 is 2.00 bits per heavy atom. The van der Waals surface area contributed by atoms with Crippen LogP contribution >= 0.6 is 23.2 Å². The summed E-state index contributed by atoms with van der Waals surface area (Å²) >= 11 is 11.6. The minimum absolute atomic E-state index is 0.179. The summed E-state index contributed by atoms with van der Waals surface area (Å²) < 4.78 is 0. The van der Waals surface area contributed by atoms with Crippen LogP contribution < -0.4 is 10.9 Å². The van der Waals surface area contributed by atoms with Gasteiger partial charge in [-0.15, -0.1) is 0 Å². The predicted molar refractivity (Wildman–Crippen MR) is 63.0 cm³/mol. The smallest absolute Gasteiger partial charge is 0.243 e. The normalized spacial score (nSPS) is 10.5. The number of rotatable bonds is 2. The van der Waals surface area contributed by atoms with Gasteiger partial charge in [0, 0.05) is 10.9 Å². The molecule has 0 bridgehead atoms. The number of hydrogen-bond donors (Lipinski definition) is 1. The van der Waals surface area contributed by atoms with Crippen LogP contribution in [-0.4, -0.2) is 5.91 Å². The Hall–Kier alpha value is -0.770. The first kappa shape index (κ1) is 12.3. The number of nitrogens with zero attached hydrogens (tertiary/aromatic N) is 1. The van der Waals surface area contributed by atoms with Gasteiger partial charge in [0.1, 0.15) is 0 Å². The number of anilines is 1. The van der Waals surface area contributed by atoms with E-state index < -0.39 is 0 Å². The van der Waals surface area contributed by atoms with Gasteiger partial charge in [-0.2, -0.15) is 0 Å². The number of carbonyl (C=O) groups excluding carboxylic acids is 1. The first-order chi connectivity index (χ1) is 6.93. The number of halogens is 2. The molecule has 1 aromatic carbocycles. The predicted octanol–water partition coefficient (Wildman–Crippen LogP) is 2.86. The van der Waals surface area contributed by atoms with Gasteiger partial charge in [0.2, 0.25) is 5.91 Å². The average molecular weight is 247 g/mol. The van der Waals surface area contributed by atoms with E-state index in [9.17, 15) is 4.79 Å². The maximum absolute atomic E-state index is 11.6. The highest BCUT2D eigenvalue weighted by atomic mass is 35.5. The van der Waals surface area contributed by atoms with E-state index in [2.05, 4.69) is 0 Å². The number of hydrazine groups is 1. The number of amides is 1. The van der Waals surface area contributed by atoms with Crippen LogP contribution in [0.4, 0.5) is 5.69 Å². The van der Waals surface area contributed by atoms with Crippen molar-refractivity contribution in [2.75, 3.05) is 5.01 Å². The Bertz CT molecular complexity index is 380.